The third kappa shape index (κ3) is 6.86. The van der Waals surface area contributed by atoms with Gasteiger partial charge in [-0.3, -0.25) is 14.4 Å². The minimum absolute atomic E-state index is 0.0865. The molecule has 0 aliphatic rings. The number of carbonyl (C=O) groups is 3. The Hall–Kier alpha value is -2.09. The van der Waals surface area contributed by atoms with Gasteiger partial charge in [0.1, 0.15) is 0 Å². The Balaban J connectivity index is 1.69. The highest BCUT2D eigenvalue weighted by Crippen LogP contribution is 2.25. The number of carbonyl (C=O) groups excluding carboxylic acids is 3. The number of benzene rings is 1. The Labute approximate surface area is 170 Å². The fourth-order valence-electron chi connectivity index (χ4n) is 2.07. The van der Waals surface area contributed by atoms with E-state index in [2.05, 4.69) is 10.6 Å². The second-order valence-electron chi connectivity index (χ2n) is 5.62. The zero-order chi connectivity index (χ0) is 19.8. The molecule has 2 aromatic rings. The lowest BCUT2D eigenvalue weighted by Gasteiger charge is -2.14. The summed E-state index contributed by atoms with van der Waals surface area (Å²) in [5.41, 5.74) is 0.971. The molecule has 6 nitrogen and oxygen atoms in total. The van der Waals surface area contributed by atoms with Crippen molar-refractivity contribution in [1.29, 1.82) is 0 Å². The van der Waals surface area contributed by atoms with Gasteiger partial charge in [-0.2, -0.15) is 11.3 Å². The molecule has 0 saturated heterocycles. The summed E-state index contributed by atoms with van der Waals surface area (Å²) in [5.74, 6) is -1.21. The smallest absolute Gasteiger partial charge is 0.306 e. The summed E-state index contributed by atoms with van der Waals surface area (Å²) in [5, 5.41) is 9.59. The molecule has 2 N–H and O–H groups in total. The van der Waals surface area contributed by atoms with Crippen molar-refractivity contribution >= 4 is 58.0 Å². The van der Waals surface area contributed by atoms with Crippen LogP contribution in [0.3, 0.4) is 0 Å². The van der Waals surface area contributed by atoms with Crippen molar-refractivity contribution in [2.75, 3.05) is 11.9 Å². The lowest BCUT2D eigenvalue weighted by molar-refractivity contribution is -0.153. The highest BCUT2D eigenvalue weighted by molar-refractivity contribution is 7.08. The van der Waals surface area contributed by atoms with Crippen LogP contribution in [0.25, 0.3) is 0 Å². The Kier molecular flexibility index (Phi) is 8.09. The molecule has 0 aliphatic carbocycles. The number of esters is 1. The van der Waals surface area contributed by atoms with Crippen LogP contribution in [0.5, 0.6) is 0 Å². The number of amides is 2. The average molecular weight is 429 g/mol. The van der Waals surface area contributed by atoms with E-state index in [1.165, 1.54) is 24.3 Å². The van der Waals surface area contributed by atoms with Crippen LogP contribution in [0.15, 0.2) is 35.0 Å². The van der Waals surface area contributed by atoms with Gasteiger partial charge in [0.15, 0.2) is 6.10 Å². The van der Waals surface area contributed by atoms with E-state index >= 15 is 0 Å². The molecule has 2 rings (SSSR count). The van der Waals surface area contributed by atoms with E-state index in [0.29, 0.717) is 29.2 Å². The first-order chi connectivity index (χ1) is 12.9. The molecule has 1 aromatic heterocycles. The highest BCUT2D eigenvalue weighted by Gasteiger charge is 2.18. The number of thiophene rings is 1. The second-order valence-corrected chi connectivity index (χ2v) is 7.24. The van der Waals surface area contributed by atoms with Gasteiger partial charge in [0.2, 0.25) is 0 Å². The van der Waals surface area contributed by atoms with Crippen LogP contribution in [-0.4, -0.2) is 30.4 Å². The maximum Gasteiger partial charge on any atom is 0.306 e. The van der Waals surface area contributed by atoms with Gasteiger partial charge in [-0.25, -0.2) is 0 Å². The molecule has 1 aromatic carbocycles. The molecular formula is C18H18Cl2N2O4S. The summed E-state index contributed by atoms with van der Waals surface area (Å²) in [6.07, 6.45) is -0.486. The predicted octanol–water partition coefficient (Wildman–Crippen LogP) is 4.14. The van der Waals surface area contributed by atoms with Gasteiger partial charge < -0.3 is 15.4 Å². The molecule has 0 saturated carbocycles. The normalized spacial score (nSPS) is 11.5. The minimum atomic E-state index is -0.982. The molecule has 27 heavy (non-hydrogen) atoms. The number of rotatable bonds is 8. The molecule has 1 heterocycles. The summed E-state index contributed by atoms with van der Waals surface area (Å²) in [4.78, 5) is 35.7. The van der Waals surface area contributed by atoms with Crippen molar-refractivity contribution in [2.45, 2.75) is 25.9 Å². The van der Waals surface area contributed by atoms with E-state index in [1.807, 2.05) is 5.38 Å². The number of hydrogen-bond acceptors (Lipinski definition) is 5. The molecule has 0 spiro atoms. The van der Waals surface area contributed by atoms with E-state index in [4.69, 9.17) is 27.9 Å². The SMILES string of the molecule is C[C@H](OC(=O)CCCNC(=O)c1ccsc1)C(=O)Nc1ccc(Cl)cc1Cl. The quantitative estimate of drug-likeness (QED) is 0.488. The topological polar surface area (TPSA) is 84.5 Å². The zero-order valence-corrected chi connectivity index (χ0v) is 16.8. The second kappa shape index (κ2) is 10.3. The average Bonchev–Trinajstić information content (AvgIpc) is 3.15. The zero-order valence-electron chi connectivity index (χ0n) is 14.5. The molecule has 0 bridgehead atoms. The van der Waals surface area contributed by atoms with E-state index < -0.39 is 18.0 Å². The molecule has 2 amide bonds. The Morgan fingerprint density at radius 1 is 1.22 bits per heavy atom. The summed E-state index contributed by atoms with van der Waals surface area (Å²) < 4.78 is 5.10. The maximum atomic E-state index is 12.1. The van der Waals surface area contributed by atoms with E-state index in [9.17, 15) is 14.4 Å². The lowest BCUT2D eigenvalue weighted by atomic mass is 10.2. The third-order valence-electron chi connectivity index (χ3n) is 3.49. The van der Waals surface area contributed by atoms with Crippen LogP contribution in [-0.2, 0) is 14.3 Å². The van der Waals surface area contributed by atoms with Gasteiger partial charge in [-0.1, -0.05) is 23.2 Å². The van der Waals surface area contributed by atoms with Crippen LogP contribution < -0.4 is 10.6 Å². The minimum Gasteiger partial charge on any atom is -0.453 e. The number of nitrogens with one attached hydrogen (secondary N) is 2. The standard InChI is InChI=1S/C18H18Cl2N2O4S/c1-11(17(24)22-15-5-4-13(19)9-14(15)20)26-16(23)3-2-7-21-18(25)12-6-8-27-10-12/h4-6,8-11H,2-3,7H2,1H3,(H,21,25)(H,22,24)/t11-/m0/s1. The van der Waals surface area contributed by atoms with Gasteiger partial charge in [0, 0.05) is 28.9 Å². The Morgan fingerprint density at radius 3 is 2.67 bits per heavy atom. The van der Waals surface area contributed by atoms with Crippen LogP contribution in [0.2, 0.25) is 10.0 Å². The molecule has 9 heteroatoms. The van der Waals surface area contributed by atoms with E-state index in [-0.39, 0.29) is 17.4 Å². The first-order valence-corrected chi connectivity index (χ1v) is 9.82. The largest absolute Gasteiger partial charge is 0.453 e. The van der Waals surface area contributed by atoms with Crippen molar-refractivity contribution in [2.24, 2.45) is 0 Å². The van der Waals surface area contributed by atoms with Crippen molar-refractivity contribution in [3.05, 3.63) is 50.6 Å². The number of halogens is 2. The predicted molar refractivity (Wildman–Crippen MR) is 107 cm³/mol. The lowest BCUT2D eigenvalue weighted by Crippen LogP contribution is -2.30. The van der Waals surface area contributed by atoms with Crippen molar-refractivity contribution in [3.8, 4) is 0 Å². The van der Waals surface area contributed by atoms with Crippen molar-refractivity contribution < 1.29 is 19.1 Å². The number of hydrogen-bond donors (Lipinski definition) is 2. The van der Waals surface area contributed by atoms with Crippen LogP contribution in [0.4, 0.5) is 5.69 Å². The van der Waals surface area contributed by atoms with Crippen molar-refractivity contribution in [1.82, 2.24) is 5.32 Å². The summed E-state index contributed by atoms with van der Waals surface area (Å²) in [6, 6.07) is 6.37. The molecule has 0 radical (unpaired) electrons. The molecule has 0 aliphatic heterocycles. The maximum absolute atomic E-state index is 12.1. The first kappa shape index (κ1) is 21.2. The number of anilines is 1. The van der Waals surface area contributed by atoms with Crippen LogP contribution in [0.1, 0.15) is 30.1 Å². The third-order valence-corrected chi connectivity index (χ3v) is 4.72. The Morgan fingerprint density at radius 2 is 2.00 bits per heavy atom. The molecular weight excluding hydrogens is 411 g/mol. The van der Waals surface area contributed by atoms with Crippen LogP contribution >= 0.6 is 34.5 Å². The fraction of sp³-hybridized carbons (Fsp3) is 0.278. The molecule has 144 valence electrons. The summed E-state index contributed by atoms with van der Waals surface area (Å²) >= 11 is 13.2. The molecule has 0 unspecified atom stereocenters. The first-order valence-electron chi connectivity index (χ1n) is 8.12. The van der Waals surface area contributed by atoms with Gasteiger partial charge in [0.05, 0.1) is 10.7 Å². The van der Waals surface area contributed by atoms with Gasteiger partial charge in [-0.05, 0) is 43.0 Å². The highest BCUT2D eigenvalue weighted by atomic mass is 35.5. The van der Waals surface area contributed by atoms with Gasteiger partial charge in [-0.15, -0.1) is 0 Å². The monoisotopic (exact) mass is 428 g/mol. The fourth-order valence-corrected chi connectivity index (χ4v) is 3.16. The van der Waals surface area contributed by atoms with Crippen molar-refractivity contribution in [3.63, 3.8) is 0 Å². The molecule has 0 fully saturated rings. The summed E-state index contributed by atoms with van der Waals surface area (Å²) in [6.45, 7) is 1.81. The summed E-state index contributed by atoms with van der Waals surface area (Å²) in [7, 11) is 0. The van der Waals surface area contributed by atoms with Crippen LogP contribution in [0, 0.1) is 0 Å². The molecule has 1 atom stereocenters. The Bertz CT molecular complexity index is 812. The van der Waals surface area contributed by atoms with E-state index in [1.54, 1.807) is 23.6 Å². The van der Waals surface area contributed by atoms with E-state index in [0.717, 1.165) is 0 Å². The van der Waals surface area contributed by atoms with Gasteiger partial charge in [0.25, 0.3) is 11.8 Å². The van der Waals surface area contributed by atoms with Gasteiger partial charge >= 0.3 is 5.97 Å². The number of ether oxygens (including phenoxy) is 1.